The van der Waals surface area contributed by atoms with Crippen LogP contribution in [0.3, 0.4) is 0 Å². The summed E-state index contributed by atoms with van der Waals surface area (Å²) < 4.78 is 7.03. The smallest absolute Gasteiger partial charge is 0.138 e. The molecular weight excluding hydrogens is 375 g/mol. The summed E-state index contributed by atoms with van der Waals surface area (Å²) in [7, 11) is 1.97. The molecule has 0 spiro atoms. The molecular formula is C17H21IN2O. The largest absolute Gasteiger partial charge is 0.489 e. The average Bonchev–Trinajstić information content (AvgIpc) is 2.44. The third-order valence-electron chi connectivity index (χ3n) is 3.26. The van der Waals surface area contributed by atoms with Gasteiger partial charge in [0.15, 0.2) is 0 Å². The van der Waals surface area contributed by atoms with Gasteiger partial charge in [-0.2, -0.15) is 0 Å². The number of nitrogens with zero attached hydrogens (tertiary/aromatic N) is 1. The van der Waals surface area contributed by atoms with E-state index in [1.165, 1.54) is 14.7 Å². The third kappa shape index (κ3) is 3.95. The van der Waals surface area contributed by atoms with Crippen molar-refractivity contribution >= 4 is 22.6 Å². The molecule has 0 fully saturated rings. The van der Waals surface area contributed by atoms with Crippen molar-refractivity contribution in [3.63, 3.8) is 0 Å². The lowest BCUT2D eigenvalue weighted by atomic mass is 9.98. The lowest BCUT2D eigenvalue weighted by Crippen LogP contribution is -2.19. The van der Waals surface area contributed by atoms with Crippen LogP contribution in [-0.4, -0.2) is 18.1 Å². The number of pyridine rings is 1. The van der Waals surface area contributed by atoms with Gasteiger partial charge in [0, 0.05) is 9.77 Å². The molecule has 112 valence electrons. The molecule has 1 N–H and O–H groups in total. The van der Waals surface area contributed by atoms with E-state index in [1.54, 1.807) is 6.20 Å². The van der Waals surface area contributed by atoms with Crippen molar-refractivity contribution in [3.05, 3.63) is 56.9 Å². The van der Waals surface area contributed by atoms with Gasteiger partial charge >= 0.3 is 0 Å². The van der Waals surface area contributed by atoms with Gasteiger partial charge in [0.1, 0.15) is 5.75 Å². The summed E-state index contributed by atoms with van der Waals surface area (Å²) in [5.41, 5.74) is 3.66. The summed E-state index contributed by atoms with van der Waals surface area (Å²) in [6.07, 6.45) is 3.80. The first-order chi connectivity index (χ1) is 10.0. The number of rotatable bonds is 5. The number of nitrogens with one attached hydrogen (secondary N) is 1. The van der Waals surface area contributed by atoms with Crippen LogP contribution in [0.15, 0.2) is 36.7 Å². The van der Waals surface area contributed by atoms with Gasteiger partial charge in [0.2, 0.25) is 0 Å². The first-order valence-corrected chi connectivity index (χ1v) is 8.14. The van der Waals surface area contributed by atoms with E-state index in [9.17, 15) is 0 Å². The Hall–Kier alpha value is -1.14. The molecule has 0 saturated carbocycles. The van der Waals surface area contributed by atoms with Crippen molar-refractivity contribution in [1.29, 1.82) is 0 Å². The summed E-state index contributed by atoms with van der Waals surface area (Å²) in [6.45, 7) is 6.17. The molecule has 1 atom stereocenters. The van der Waals surface area contributed by atoms with Crippen molar-refractivity contribution in [3.8, 4) is 5.75 Å². The minimum atomic E-state index is 0.111. The number of hydrogen-bond donors (Lipinski definition) is 1. The van der Waals surface area contributed by atoms with Crippen LogP contribution in [0.2, 0.25) is 0 Å². The maximum absolute atomic E-state index is 5.75. The highest BCUT2D eigenvalue weighted by atomic mass is 127. The lowest BCUT2D eigenvalue weighted by Gasteiger charge is -2.20. The molecule has 0 saturated heterocycles. The van der Waals surface area contributed by atoms with E-state index in [-0.39, 0.29) is 12.1 Å². The monoisotopic (exact) mass is 396 g/mol. The summed E-state index contributed by atoms with van der Waals surface area (Å²) in [5.74, 6) is 0.811. The first-order valence-electron chi connectivity index (χ1n) is 7.06. The molecule has 0 bridgehead atoms. The Labute approximate surface area is 140 Å². The summed E-state index contributed by atoms with van der Waals surface area (Å²) in [4.78, 5) is 4.32. The molecule has 2 aromatic rings. The number of benzene rings is 1. The average molecular weight is 396 g/mol. The highest BCUT2D eigenvalue weighted by Gasteiger charge is 2.17. The molecule has 0 radical (unpaired) electrons. The minimum Gasteiger partial charge on any atom is -0.489 e. The van der Waals surface area contributed by atoms with Gasteiger partial charge < -0.3 is 10.1 Å². The normalized spacial score (nSPS) is 12.5. The molecule has 0 aliphatic rings. The molecule has 1 aromatic heterocycles. The minimum absolute atomic E-state index is 0.111. The summed E-state index contributed by atoms with van der Waals surface area (Å²) in [5, 5.41) is 3.38. The molecule has 2 rings (SSSR count). The van der Waals surface area contributed by atoms with Gasteiger partial charge in [0.25, 0.3) is 0 Å². The van der Waals surface area contributed by atoms with Crippen molar-refractivity contribution in [2.45, 2.75) is 32.9 Å². The van der Waals surface area contributed by atoms with Gasteiger partial charge in [-0.1, -0.05) is 18.2 Å². The zero-order valence-corrected chi connectivity index (χ0v) is 15.0. The van der Waals surface area contributed by atoms with Gasteiger partial charge in [0.05, 0.1) is 18.3 Å². The second-order valence-electron chi connectivity index (χ2n) is 5.32. The maximum atomic E-state index is 5.75. The standard InChI is InChI=1S/C17H21IN2O/c1-11(2)21-14-8-13(9-20-10-14)17(19-4)15-7-5-6-12(3)16(15)18/h5-11,17,19H,1-4H3. The second-order valence-corrected chi connectivity index (χ2v) is 6.40. The Balaban J connectivity index is 2.39. The fourth-order valence-corrected chi connectivity index (χ4v) is 3.00. The molecule has 1 aromatic carbocycles. The predicted octanol–water partition coefficient (Wildman–Crippen LogP) is 4.09. The van der Waals surface area contributed by atoms with Crippen molar-refractivity contribution < 1.29 is 4.74 Å². The van der Waals surface area contributed by atoms with Crippen LogP contribution in [0.1, 0.15) is 36.6 Å². The number of halogens is 1. The highest BCUT2D eigenvalue weighted by Crippen LogP contribution is 2.29. The van der Waals surface area contributed by atoms with E-state index in [2.05, 4.69) is 64.1 Å². The van der Waals surface area contributed by atoms with E-state index >= 15 is 0 Å². The van der Waals surface area contributed by atoms with Gasteiger partial charge in [-0.05, 0) is 73.2 Å². The van der Waals surface area contributed by atoms with Crippen molar-refractivity contribution in [2.75, 3.05) is 7.05 Å². The third-order valence-corrected chi connectivity index (χ3v) is 4.73. The SMILES string of the molecule is CNC(c1cncc(OC(C)C)c1)c1cccc(C)c1I. The number of hydrogen-bond acceptors (Lipinski definition) is 3. The Morgan fingerprint density at radius 2 is 2.00 bits per heavy atom. The van der Waals surface area contributed by atoms with Crippen LogP contribution in [0.25, 0.3) is 0 Å². The number of ether oxygens (including phenoxy) is 1. The van der Waals surface area contributed by atoms with Crippen LogP contribution < -0.4 is 10.1 Å². The molecule has 0 aliphatic heterocycles. The van der Waals surface area contributed by atoms with Crippen LogP contribution in [-0.2, 0) is 0 Å². The van der Waals surface area contributed by atoms with Crippen molar-refractivity contribution in [2.24, 2.45) is 0 Å². The summed E-state index contributed by atoms with van der Waals surface area (Å²) >= 11 is 2.41. The van der Waals surface area contributed by atoms with Crippen LogP contribution >= 0.6 is 22.6 Å². The fourth-order valence-electron chi connectivity index (χ4n) is 2.32. The zero-order chi connectivity index (χ0) is 15.4. The Morgan fingerprint density at radius 1 is 1.24 bits per heavy atom. The van der Waals surface area contributed by atoms with E-state index in [1.807, 2.05) is 27.1 Å². The van der Waals surface area contributed by atoms with Crippen LogP contribution in [0.5, 0.6) is 5.75 Å². The molecule has 21 heavy (non-hydrogen) atoms. The highest BCUT2D eigenvalue weighted by molar-refractivity contribution is 14.1. The first kappa shape index (κ1) is 16.2. The van der Waals surface area contributed by atoms with E-state index in [0.29, 0.717) is 0 Å². The van der Waals surface area contributed by atoms with Crippen LogP contribution in [0.4, 0.5) is 0 Å². The Kier molecular flexibility index (Phi) is 5.58. The second kappa shape index (κ2) is 7.22. The zero-order valence-electron chi connectivity index (χ0n) is 12.9. The van der Waals surface area contributed by atoms with Gasteiger partial charge in [-0.15, -0.1) is 0 Å². The topological polar surface area (TPSA) is 34.2 Å². The molecule has 1 unspecified atom stereocenters. The van der Waals surface area contributed by atoms with Crippen molar-refractivity contribution in [1.82, 2.24) is 10.3 Å². The van der Waals surface area contributed by atoms with Crippen LogP contribution in [0, 0.1) is 10.5 Å². The van der Waals surface area contributed by atoms with Gasteiger partial charge in [-0.25, -0.2) is 0 Å². The Morgan fingerprint density at radius 3 is 2.67 bits per heavy atom. The molecule has 3 nitrogen and oxygen atoms in total. The molecule has 0 aliphatic carbocycles. The number of aromatic nitrogens is 1. The maximum Gasteiger partial charge on any atom is 0.138 e. The lowest BCUT2D eigenvalue weighted by molar-refractivity contribution is 0.241. The molecule has 1 heterocycles. The fraction of sp³-hybridized carbons (Fsp3) is 0.353. The molecule has 4 heteroatoms. The Bertz CT molecular complexity index is 613. The quantitative estimate of drug-likeness (QED) is 0.774. The predicted molar refractivity (Wildman–Crippen MR) is 94.8 cm³/mol. The summed E-state index contributed by atoms with van der Waals surface area (Å²) in [6, 6.07) is 8.56. The number of aryl methyl sites for hydroxylation is 1. The van der Waals surface area contributed by atoms with E-state index in [0.717, 1.165) is 11.3 Å². The van der Waals surface area contributed by atoms with Gasteiger partial charge in [-0.3, -0.25) is 4.98 Å². The molecule has 0 amide bonds. The van der Waals surface area contributed by atoms with E-state index in [4.69, 9.17) is 4.74 Å². The van der Waals surface area contributed by atoms with E-state index < -0.39 is 0 Å².